The molecular formula is C23H18ClNO3S. The van der Waals surface area contributed by atoms with Crippen LogP contribution in [-0.4, -0.2) is 8.42 Å². The first-order valence-corrected chi connectivity index (χ1v) is 10.7. The van der Waals surface area contributed by atoms with Crippen LogP contribution in [0.1, 0.15) is 16.7 Å². The summed E-state index contributed by atoms with van der Waals surface area (Å²) in [6.45, 7) is 2.14. The molecule has 0 fully saturated rings. The zero-order valence-corrected chi connectivity index (χ0v) is 17.2. The molecule has 4 nitrogen and oxygen atoms in total. The third-order valence-corrected chi connectivity index (χ3v) is 6.29. The molecule has 29 heavy (non-hydrogen) atoms. The predicted molar refractivity (Wildman–Crippen MR) is 114 cm³/mol. The van der Waals surface area contributed by atoms with Crippen LogP contribution < -0.4 is 4.74 Å². The number of halogens is 1. The quantitative estimate of drug-likeness (QED) is 0.486. The lowest BCUT2D eigenvalue weighted by molar-refractivity contribution is 0.306. The van der Waals surface area contributed by atoms with Gasteiger partial charge in [0.15, 0.2) is 0 Å². The molecule has 0 saturated heterocycles. The van der Waals surface area contributed by atoms with Crippen molar-refractivity contribution in [2.45, 2.75) is 18.4 Å². The van der Waals surface area contributed by atoms with Crippen LogP contribution in [0.25, 0.3) is 6.08 Å². The van der Waals surface area contributed by atoms with Crippen LogP contribution in [-0.2, 0) is 16.4 Å². The zero-order valence-electron chi connectivity index (χ0n) is 15.7. The first-order chi connectivity index (χ1) is 13.9. The van der Waals surface area contributed by atoms with Gasteiger partial charge in [-0.05, 0) is 48.9 Å². The molecule has 0 unspecified atom stereocenters. The third kappa shape index (κ3) is 5.05. The van der Waals surface area contributed by atoms with Gasteiger partial charge in [0.05, 0.1) is 4.90 Å². The molecule has 0 heterocycles. The largest absolute Gasteiger partial charge is 0.489 e. The second kappa shape index (κ2) is 8.95. The summed E-state index contributed by atoms with van der Waals surface area (Å²) in [5.41, 5.74) is 2.33. The number of hydrogen-bond donors (Lipinski definition) is 0. The van der Waals surface area contributed by atoms with Crippen molar-refractivity contribution in [3.05, 3.63) is 99.4 Å². The molecular weight excluding hydrogens is 406 g/mol. The highest BCUT2D eigenvalue weighted by atomic mass is 35.5. The van der Waals surface area contributed by atoms with Crippen LogP contribution >= 0.6 is 11.6 Å². The number of hydrogen-bond acceptors (Lipinski definition) is 4. The van der Waals surface area contributed by atoms with Gasteiger partial charge in [-0.15, -0.1) is 0 Å². The Bertz CT molecular complexity index is 1190. The van der Waals surface area contributed by atoms with E-state index in [9.17, 15) is 13.7 Å². The lowest BCUT2D eigenvalue weighted by Gasteiger charge is -2.09. The van der Waals surface area contributed by atoms with Crippen molar-refractivity contribution in [3.63, 3.8) is 0 Å². The molecule has 3 aromatic carbocycles. The summed E-state index contributed by atoms with van der Waals surface area (Å²) in [5, 5.41) is 10.1. The predicted octanol–water partition coefficient (Wildman–Crippen LogP) is 5.57. The van der Waals surface area contributed by atoms with Crippen molar-refractivity contribution in [1.82, 2.24) is 0 Å². The molecule has 0 bridgehead atoms. The SMILES string of the molecule is Cc1ccc(S(=O)(=O)C(C#N)=Cc2cccc(OCc3ccccc3Cl)c2)cc1. The highest BCUT2D eigenvalue weighted by Gasteiger charge is 2.20. The van der Waals surface area contributed by atoms with Crippen molar-refractivity contribution in [3.8, 4) is 11.8 Å². The van der Waals surface area contributed by atoms with Gasteiger partial charge < -0.3 is 4.74 Å². The van der Waals surface area contributed by atoms with Crippen LogP contribution in [0, 0.1) is 18.3 Å². The maximum atomic E-state index is 12.8. The molecule has 0 saturated carbocycles. The molecule has 3 rings (SSSR count). The summed E-state index contributed by atoms with van der Waals surface area (Å²) in [4.78, 5) is -0.244. The van der Waals surface area contributed by atoms with E-state index in [4.69, 9.17) is 16.3 Å². The van der Waals surface area contributed by atoms with Gasteiger partial charge in [0.2, 0.25) is 9.84 Å². The molecule has 3 aromatic rings. The Labute approximate surface area is 175 Å². The number of rotatable bonds is 6. The first-order valence-electron chi connectivity index (χ1n) is 8.80. The highest BCUT2D eigenvalue weighted by Crippen LogP contribution is 2.24. The maximum absolute atomic E-state index is 12.8. The van der Waals surface area contributed by atoms with Crippen LogP contribution in [0.3, 0.4) is 0 Å². The van der Waals surface area contributed by atoms with E-state index in [2.05, 4.69) is 0 Å². The van der Waals surface area contributed by atoms with Crippen LogP contribution in [0.4, 0.5) is 0 Å². The fraction of sp³-hybridized carbons (Fsp3) is 0.0870. The zero-order chi connectivity index (χ0) is 20.9. The van der Waals surface area contributed by atoms with Crippen molar-refractivity contribution in [1.29, 1.82) is 5.26 Å². The summed E-state index contributed by atoms with van der Waals surface area (Å²) in [6, 6.07) is 22.5. The van der Waals surface area contributed by atoms with Gasteiger partial charge in [0.1, 0.15) is 23.3 Å². The van der Waals surface area contributed by atoms with E-state index in [-0.39, 0.29) is 16.4 Å². The van der Waals surface area contributed by atoms with Crippen molar-refractivity contribution < 1.29 is 13.2 Å². The van der Waals surface area contributed by atoms with Crippen molar-refractivity contribution in [2.75, 3.05) is 0 Å². The van der Waals surface area contributed by atoms with Gasteiger partial charge >= 0.3 is 0 Å². The van der Waals surface area contributed by atoms with Crippen LogP contribution in [0.15, 0.2) is 82.6 Å². The number of allylic oxidation sites excluding steroid dienone is 1. The van der Waals surface area contributed by atoms with E-state index in [0.29, 0.717) is 16.3 Å². The van der Waals surface area contributed by atoms with Gasteiger partial charge in [-0.3, -0.25) is 0 Å². The van der Waals surface area contributed by atoms with E-state index in [1.807, 2.05) is 25.1 Å². The monoisotopic (exact) mass is 423 g/mol. The molecule has 0 atom stereocenters. The summed E-state index contributed by atoms with van der Waals surface area (Å²) in [7, 11) is -3.90. The number of nitriles is 1. The summed E-state index contributed by atoms with van der Waals surface area (Å²) in [5.74, 6) is 0.545. The van der Waals surface area contributed by atoms with Crippen LogP contribution in [0.2, 0.25) is 5.02 Å². The minimum absolute atomic E-state index is 0.0852. The Kier molecular flexibility index (Phi) is 6.38. The molecule has 0 spiro atoms. The Morgan fingerprint density at radius 3 is 2.48 bits per heavy atom. The highest BCUT2D eigenvalue weighted by molar-refractivity contribution is 7.95. The Morgan fingerprint density at radius 1 is 1.07 bits per heavy atom. The lowest BCUT2D eigenvalue weighted by Crippen LogP contribution is -2.03. The van der Waals surface area contributed by atoms with E-state index < -0.39 is 9.84 Å². The Morgan fingerprint density at radius 2 is 1.79 bits per heavy atom. The number of aryl methyl sites for hydroxylation is 1. The van der Waals surface area contributed by atoms with E-state index in [0.717, 1.165) is 11.1 Å². The van der Waals surface area contributed by atoms with Crippen LogP contribution in [0.5, 0.6) is 5.75 Å². The second-order valence-electron chi connectivity index (χ2n) is 6.39. The molecule has 0 amide bonds. The fourth-order valence-electron chi connectivity index (χ4n) is 2.64. The van der Waals surface area contributed by atoms with E-state index >= 15 is 0 Å². The summed E-state index contributed by atoms with van der Waals surface area (Å²) >= 11 is 6.14. The second-order valence-corrected chi connectivity index (χ2v) is 8.71. The first kappa shape index (κ1) is 20.7. The number of benzene rings is 3. The maximum Gasteiger partial charge on any atom is 0.216 e. The summed E-state index contributed by atoms with van der Waals surface area (Å²) < 4.78 is 31.3. The summed E-state index contributed by atoms with van der Waals surface area (Å²) in [6.07, 6.45) is 1.34. The Hall–Kier alpha value is -3.07. The minimum atomic E-state index is -3.90. The normalized spacial score (nSPS) is 11.7. The Balaban J connectivity index is 1.85. The topological polar surface area (TPSA) is 67.2 Å². The minimum Gasteiger partial charge on any atom is -0.489 e. The fourth-order valence-corrected chi connectivity index (χ4v) is 3.99. The molecule has 0 aromatic heterocycles. The van der Waals surface area contributed by atoms with Gasteiger partial charge in [0, 0.05) is 10.6 Å². The molecule has 6 heteroatoms. The van der Waals surface area contributed by atoms with E-state index in [1.54, 1.807) is 48.5 Å². The van der Waals surface area contributed by atoms with Gasteiger partial charge in [0.25, 0.3) is 0 Å². The average molecular weight is 424 g/mol. The molecule has 0 aliphatic rings. The van der Waals surface area contributed by atoms with Gasteiger partial charge in [-0.1, -0.05) is 59.6 Å². The van der Waals surface area contributed by atoms with Gasteiger partial charge in [-0.25, -0.2) is 8.42 Å². The molecule has 0 aliphatic carbocycles. The van der Waals surface area contributed by atoms with Gasteiger partial charge in [-0.2, -0.15) is 5.26 Å². The van der Waals surface area contributed by atoms with Crippen molar-refractivity contribution >= 4 is 27.5 Å². The standard InChI is InChI=1S/C23H18ClNO3S/c1-17-9-11-21(12-10-17)29(26,27)22(15-25)14-18-5-4-7-20(13-18)28-16-19-6-2-3-8-23(19)24/h2-14H,16H2,1H3. The lowest BCUT2D eigenvalue weighted by atomic mass is 10.2. The molecule has 0 N–H and O–H groups in total. The van der Waals surface area contributed by atoms with E-state index in [1.165, 1.54) is 18.2 Å². The number of sulfone groups is 1. The molecule has 146 valence electrons. The third-order valence-electron chi connectivity index (χ3n) is 4.24. The number of ether oxygens (including phenoxy) is 1. The molecule has 0 radical (unpaired) electrons. The molecule has 0 aliphatic heterocycles. The average Bonchev–Trinajstić information content (AvgIpc) is 2.72. The van der Waals surface area contributed by atoms with Crippen molar-refractivity contribution in [2.24, 2.45) is 0 Å². The smallest absolute Gasteiger partial charge is 0.216 e. The number of nitrogens with zero attached hydrogens (tertiary/aromatic N) is 1.